The summed E-state index contributed by atoms with van der Waals surface area (Å²) in [5.41, 5.74) is 0. The number of esters is 1. The molecule has 6 heteroatoms. The molecule has 0 spiro atoms. The van der Waals surface area contributed by atoms with Gasteiger partial charge in [0.05, 0.1) is 25.2 Å². The summed E-state index contributed by atoms with van der Waals surface area (Å²) in [6.07, 6.45) is 44.1. The molecule has 0 radical (unpaired) electrons. The minimum Gasteiger partial charge on any atom is -0.462 e. The quantitative estimate of drug-likeness (QED) is 0.0328. The largest absolute Gasteiger partial charge is 0.462 e. The van der Waals surface area contributed by atoms with Gasteiger partial charge in [0.1, 0.15) is 6.10 Å². The summed E-state index contributed by atoms with van der Waals surface area (Å²) in [6.45, 7) is 6.45. The third-order valence-electron chi connectivity index (χ3n) is 10.8. The molecule has 0 aliphatic heterocycles. The van der Waals surface area contributed by atoms with Gasteiger partial charge in [0.25, 0.3) is 0 Å². The fraction of sp³-hybridized carbons (Fsp3) is 0.915. The van der Waals surface area contributed by atoms with Crippen molar-refractivity contribution >= 4 is 11.9 Å². The van der Waals surface area contributed by atoms with Crippen LogP contribution >= 0.6 is 0 Å². The molecule has 3 unspecified atom stereocenters. The molecule has 0 heterocycles. The number of aliphatic hydroxyl groups is 2. The number of hydrogen-bond acceptors (Lipinski definition) is 5. The molecule has 314 valence electrons. The van der Waals surface area contributed by atoms with Crippen molar-refractivity contribution in [2.75, 3.05) is 6.61 Å². The smallest absolute Gasteiger partial charge is 0.306 e. The summed E-state index contributed by atoms with van der Waals surface area (Å²) < 4.78 is 5.90. The Morgan fingerprint density at radius 3 is 1.36 bits per heavy atom. The van der Waals surface area contributed by atoms with E-state index in [2.05, 4.69) is 38.2 Å². The van der Waals surface area contributed by atoms with Crippen molar-refractivity contribution in [3.63, 3.8) is 0 Å². The molecule has 0 saturated carbocycles. The van der Waals surface area contributed by atoms with Gasteiger partial charge in [-0.25, -0.2) is 0 Å². The third-order valence-corrected chi connectivity index (χ3v) is 10.8. The molecule has 0 fully saturated rings. The van der Waals surface area contributed by atoms with Crippen molar-refractivity contribution in [1.29, 1.82) is 0 Å². The van der Waals surface area contributed by atoms with E-state index in [-0.39, 0.29) is 24.9 Å². The zero-order valence-electron chi connectivity index (χ0n) is 35.7. The second kappa shape index (κ2) is 41.8. The lowest BCUT2D eigenvalue weighted by Gasteiger charge is -2.24. The Hall–Kier alpha value is -1.40. The molecule has 0 aliphatic rings. The maximum atomic E-state index is 13.1. The predicted molar refractivity (Wildman–Crippen MR) is 227 cm³/mol. The van der Waals surface area contributed by atoms with E-state index in [1.54, 1.807) is 0 Å². The van der Waals surface area contributed by atoms with Crippen LogP contribution < -0.4 is 5.32 Å². The number of unbranched alkanes of at least 4 members (excludes halogenated alkanes) is 28. The van der Waals surface area contributed by atoms with Crippen LogP contribution in [0, 0.1) is 0 Å². The second-order valence-electron chi connectivity index (χ2n) is 16.2. The molecule has 0 saturated heterocycles. The minimum atomic E-state index is -0.781. The lowest BCUT2D eigenvalue weighted by atomic mass is 10.0. The molecule has 0 bridgehead atoms. The number of aliphatic hydroxyl groups excluding tert-OH is 2. The normalized spacial score (nSPS) is 13.4. The first-order chi connectivity index (χ1) is 26.0. The van der Waals surface area contributed by atoms with Crippen LogP contribution in [0.3, 0.4) is 0 Å². The average molecular weight is 750 g/mol. The fourth-order valence-electron chi connectivity index (χ4n) is 7.25. The number of carbonyl (C=O) groups excluding carboxylic acids is 2. The van der Waals surface area contributed by atoms with Gasteiger partial charge in [0, 0.05) is 6.42 Å². The van der Waals surface area contributed by atoms with Crippen LogP contribution in [0.4, 0.5) is 0 Å². The van der Waals surface area contributed by atoms with Crippen molar-refractivity contribution in [3.05, 3.63) is 12.2 Å². The van der Waals surface area contributed by atoms with E-state index in [0.717, 1.165) is 64.2 Å². The number of carbonyl (C=O) groups is 2. The lowest BCUT2D eigenvalue weighted by Crippen LogP contribution is -2.46. The van der Waals surface area contributed by atoms with Crippen LogP contribution in [0.1, 0.15) is 252 Å². The molecule has 0 aromatic heterocycles. The summed E-state index contributed by atoms with van der Waals surface area (Å²) in [7, 11) is 0. The summed E-state index contributed by atoms with van der Waals surface area (Å²) in [5.74, 6) is -0.472. The van der Waals surface area contributed by atoms with Crippen LogP contribution in [0.15, 0.2) is 12.2 Å². The molecule has 3 atom stereocenters. The van der Waals surface area contributed by atoms with Gasteiger partial charge in [-0.2, -0.15) is 0 Å². The van der Waals surface area contributed by atoms with Crippen molar-refractivity contribution < 1.29 is 24.5 Å². The molecule has 0 rings (SSSR count). The third kappa shape index (κ3) is 37.3. The fourth-order valence-corrected chi connectivity index (χ4v) is 7.25. The average Bonchev–Trinajstić information content (AvgIpc) is 3.15. The van der Waals surface area contributed by atoms with E-state index in [1.165, 1.54) is 141 Å². The molecular weight excluding hydrogens is 659 g/mol. The molecule has 1 amide bonds. The monoisotopic (exact) mass is 750 g/mol. The van der Waals surface area contributed by atoms with E-state index in [0.29, 0.717) is 19.3 Å². The van der Waals surface area contributed by atoms with Gasteiger partial charge in [-0.1, -0.05) is 200 Å². The van der Waals surface area contributed by atoms with Crippen molar-refractivity contribution in [1.82, 2.24) is 5.32 Å². The molecule has 6 nitrogen and oxygen atoms in total. The maximum Gasteiger partial charge on any atom is 0.306 e. The summed E-state index contributed by atoms with van der Waals surface area (Å²) in [5, 5.41) is 23.6. The highest BCUT2D eigenvalue weighted by Crippen LogP contribution is 2.18. The van der Waals surface area contributed by atoms with Crippen LogP contribution in [-0.2, 0) is 14.3 Å². The van der Waals surface area contributed by atoms with Gasteiger partial charge in [0.15, 0.2) is 0 Å². The summed E-state index contributed by atoms with van der Waals surface area (Å²) >= 11 is 0. The van der Waals surface area contributed by atoms with Gasteiger partial charge < -0.3 is 20.3 Å². The molecule has 0 aromatic rings. The van der Waals surface area contributed by atoms with E-state index in [1.807, 2.05) is 0 Å². The summed E-state index contributed by atoms with van der Waals surface area (Å²) in [4.78, 5) is 26.0. The Labute approximate surface area is 329 Å². The highest BCUT2D eigenvalue weighted by Gasteiger charge is 2.24. The van der Waals surface area contributed by atoms with Crippen molar-refractivity contribution in [2.45, 2.75) is 270 Å². The minimum absolute atomic E-state index is 0.0779. The second-order valence-corrected chi connectivity index (χ2v) is 16.2. The first-order valence-corrected chi connectivity index (χ1v) is 23.4. The molecule has 3 N–H and O–H groups in total. The van der Waals surface area contributed by atoms with Crippen LogP contribution in [-0.4, -0.2) is 46.9 Å². The highest BCUT2D eigenvalue weighted by molar-refractivity contribution is 5.77. The van der Waals surface area contributed by atoms with Gasteiger partial charge in [-0.05, 0) is 51.4 Å². The Bertz CT molecular complexity index is 802. The van der Waals surface area contributed by atoms with Gasteiger partial charge >= 0.3 is 5.97 Å². The highest BCUT2D eigenvalue weighted by atomic mass is 16.5. The number of nitrogens with one attached hydrogen (secondary N) is 1. The molecule has 53 heavy (non-hydrogen) atoms. The van der Waals surface area contributed by atoms with Crippen LogP contribution in [0.25, 0.3) is 0 Å². The zero-order chi connectivity index (χ0) is 38.9. The number of hydrogen-bond donors (Lipinski definition) is 3. The van der Waals surface area contributed by atoms with Gasteiger partial charge in [0.2, 0.25) is 5.91 Å². The number of allylic oxidation sites excluding steroid dienone is 2. The van der Waals surface area contributed by atoms with Crippen LogP contribution in [0.5, 0.6) is 0 Å². The maximum absolute atomic E-state index is 13.1. The van der Waals surface area contributed by atoms with E-state index in [9.17, 15) is 19.8 Å². The lowest BCUT2D eigenvalue weighted by molar-refractivity contribution is -0.151. The first-order valence-electron chi connectivity index (χ1n) is 23.4. The van der Waals surface area contributed by atoms with Crippen molar-refractivity contribution in [2.24, 2.45) is 0 Å². The SMILES string of the molecule is CCCCCC/C=C\CCCCCCCC(CC(=O)NC(CO)C(O)CCCCCCCCCCC)OC(=O)CCCCCCCCCCCCCC. The standard InChI is InChI=1S/C47H91NO5/c1-4-7-10-13-16-19-21-23-24-27-29-32-35-38-43(53-47(52)40-37-34-31-28-25-22-20-17-14-11-8-5-2)41-46(51)48-44(42-49)45(50)39-36-33-30-26-18-15-12-9-6-3/h19,21,43-45,49-50H,4-18,20,22-42H2,1-3H3,(H,48,51)/b21-19-. The van der Waals surface area contributed by atoms with Gasteiger partial charge in [-0.3, -0.25) is 9.59 Å². The van der Waals surface area contributed by atoms with E-state index < -0.39 is 18.2 Å². The number of ether oxygens (including phenoxy) is 1. The Morgan fingerprint density at radius 1 is 0.528 bits per heavy atom. The Morgan fingerprint density at radius 2 is 0.906 bits per heavy atom. The molecule has 0 aliphatic carbocycles. The Kier molecular flexibility index (Phi) is 40.7. The molecule has 0 aromatic carbocycles. The number of rotatable bonds is 42. The number of amides is 1. The Balaban J connectivity index is 4.58. The first kappa shape index (κ1) is 51.6. The molecular formula is C47H91NO5. The van der Waals surface area contributed by atoms with Gasteiger partial charge in [-0.15, -0.1) is 0 Å². The van der Waals surface area contributed by atoms with Crippen LogP contribution in [0.2, 0.25) is 0 Å². The topological polar surface area (TPSA) is 95.9 Å². The summed E-state index contributed by atoms with van der Waals surface area (Å²) in [6, 6.07) is -0.695. The van der Waals surface area contributed by atoms with Crippen molar-refractivity contribution in [3.8, 4) is 0 Å². The van der Waals surface area contributed by atoms with E-state index >= 15 is 0 Å². The predicted octanol–water partition coefficient (Wildman–Crippen LogP) is 13.4. The van der Waals surface area contributed by atoms with E-state index in [4.69, 9.17) is 4.74 Å². The zero-order valence-corrected chi connectivity index (χ0v) is 35.7.